The van der Waals surface area contributed by atoms with Crippen LogP contribution in [0.4, 0.5) is 0 Å². The SMILES string of the molecule is CCOC(C)SCC(=O)CC(CCCC(=O)NC)C(=O)NCC(=O)NCC(=O)O.CNCC(C)(CNC(C)(C)/C(C)=N/O)CNC(C)(C)/C(C)=N/O.CNCC(C)(CNCc1ccccc1O)CNCc1ccccc1O.CNCCN1CCNC(C)(C)/C(=N\O)C/C(=N/O)C(C)(C)NCC1. The van der Waals surface area contributed by atoms with Crippen molar-refractivity contribution in [1.82, 2.24) is 68.7 Å². The van der Waals surface area contributed by atoms with Crippen LogP contribution in [0.15, 0.2) is 69.2 Å². The molecule has 3 rings (SSSR count). The van der Waals surface area contributed by atoms with Gasteiger partial charge in [-0.2, -0.15) is 0 Å². The second kappa shape index (κ2) is 49.9. The normalized spacial score (nSPS) is 16.3. The second-order valence-corrected chi connectivity index (χ2v) is 29.3. The number of carbonyl (C=O) groups is 5. The standard InChI is InChI=1S/C20H29N3O2.C18H31N3O7S.C16H34N6O2.C16H35N5O2/c1-20(13-21-2,14-22-11-16-7-3-5-9-18(16)24)15-23-12-17-8-4-6-10-19(17)25;1-4-28-12(2)29-11-14(22)8-13(6-5-7-15(23)19-3)18(27)21-9-16(24)20-10-17(25)26;1-15(2)13(20-23)12-14(21-24)16(3,4)19-8-11-22(9-6-17-5)10-7-18-15;1-12(20-22)14(3,4)18-10-16(7,9-17-8)11-19-15(5,6)13(2)21-23/h3-10,21-25H,11-15H2,1-2H3;12-13H,4-11H2,1-3H3,(H,19,23)(H,20,24)(H,21,27)(H,25,26);17-19,23-24H,6-12H2,1-5H3;17-19,22-23H,9-11H2,1-8H3/b;;20-13-,21-14-;20-12+,21-13+. The number of carbonyl (C=O) groups excluding carboxylic acids is 4. The van der Waals surface area contributed by atoms with Crippen molar-refractivity contribution >= 4 is 64.1 Å². The number of phenolic OH excluding ortho intramolecular Hbond substituents is 2. The number of nitrogens with zero attached hydrogens (tertiary/aromatic N) is 5. The smallest absolute Gasteiger partial charge is 0.322 e. The molecule has 3 amide bonds. The van der Waals surface area contributed by atoms with E-state index in [2.05, 4.69) is 103 Å². The zero-order valence-electron chi connectivity index (χ0n) is 63.8. The quantitative estimate of drug-likeness (QED) is 0.0194. The summed E-state index contributed by atoms with van der Waals surface area (Å²) in [5.41, 5.74) is 2.21. The molecule has 1 aliphatic rings. The Hall–Kier alpha value is -6.62. The molecule has 2 atom stereocenters. The minimum absolute atomic E-state index is 0.00352. The van der Waals surface area contributed by atoms with Crippen LogP contribution in [0.1, 0.15) is 140 Å². The number of ether oxygens (including phenoxy) is 1. The Morgan fingerprint density at radius 1 is 0.663 bits per heavy atom. The summed E-state index contributed by atoms with van der Waals surface area (Å²) in [6.45, 7) is 38.4. The maximum absolute atomic E-state index is 12.4. The molecule has 101 heavy (non-hydrogen) atoms. The van der Waals surface area contributed by atoms with Gasteiger partial charge in [-0.3, -0.25) is 28.9 Å². The molecule has 0 bridgehead atoms. The lowest BCUT2D eigenvalue weighted by molar-refractivity contribution is -0.138. The first-order valence-corrected chi connectivity index (χ1v) is 35.6. The zero-order valence-corrected chi connectivity index (χ0v) is 64.6. The summed E-state index contributed by atoms with van der Waals surface area (Å²) in [5.74, 6) is -2.45. The number of amides is 3. The van der Waals surface area contributed by atoms with Crippen LogP contribution in [-0.2, 0) is 41.8 Å². The highest BCUT2D eigenvalue weighted by molar-refractivity contribution is 8.00. The molecule has 30 nitrogen and oxygen atoms in total. The number of aromatic hydroxyl groups is 2. The number of rotatable bonds is 39. The molecule has 0 spiro atoms. The van der Waals surface area contributed by atoms with Crippen LogP contribution in [0.5, 0.6) is 11.5 Å². The fourth-order valence-corrected chi connectivity index (χ4v) is 10.8. The maximum Gasteiger partial charge on any atom is 0.322 e. The first-order valence-electron chi connectivity index (χ1n) is 34.6. The lowest BCUT2D eigenvalue weighted by Gasteiger charge is -2.37. The number of para-hydroxylation sites is 2. The number of hydrogen-bond acceptors (Lipinski definition) is 27. The Kier molecular flexibility index (Phi) is 46.6. The van der Waals surface area contributed by atoms with Gasteiger partial charge < -0.3 is 105 Å². The molecule has 31 heteroatoms. The van der Waals surface area contributed by atoms with E-state index in [1.807, 2.05) is 127 Å². The van der Waals surface area contributed by atoms with Gasteiger partial charge in [0.15, 0.2) is 0 Å². The Bertz CT molecular complexity index is 2740. The molecule has 0 saturated carbocycles. The molecule has 1 fully saturated rings. The number of aliphatic carboxylic acids is 1. The van der Waals surface area contributed by atoms with E-state index in [0.29, 0.717) is 73.3 Å². The minimum Gasteiger partial charge on any atom is -0.508 e. The second-order valence-electron chi connectivity index (χ2n) is 28.0. The van der Waals surface area contributed by atoms with E-state index in [-0.39, 0.29) is 64.2 Å². The number of oxime groups is 4. The van der Waals surface area contributed by atoms with E-state index in [9.17, 15) is 44.6 Å². The third kappa shape index (κ3) is 40.1. The summed E-state index contributed by atoms with van der Waals surface area (Å²) in [6, 6.07) is 14.8. The molecule has 2 unspecified atom stereocenters. The number of nitrogens with one attached hydrogen (secondary N) is 12. The third-order valence-corrected chi connectivity index (χ3v) is 18.5. The van der Waals surface area contributed by atoms with Crippen LogP contribution >= 0.6 is 11.8 Å². The summed E-state index contributed by atoms with van der Waals surface area (Å²) in [5, 5.41) is 116. The van der Waals surface area contributed by atoms with Gasteiger partial charge in [-0.05, 0) is 129 Å². The summed E-state index contributed by atoms with van der Waals surface area (Å²) in [7, 11) is 7.34. The summed E-state index contributed by atoms with van der Waals surface area (Å²) < 4.78 is 5.35. The van der Waals surface area contributed by atoms with Gasteiger partial charge >= 0.3 is 5.97 Å². The highest BCUT2D eigenvalue weighted by atomic mass is 32.2. The minimum atomic E-state index is -1.19. The van der Waals surface area contributed by atoms with Gasteiger partial charge in [-0.15, -0.1) is 11.8 Å². The van der Waals surface area contributed by atoms with Gasteiger partial charge in [-0.25, -0.2) is 0 Å². The van der Waals surface area contributed by atoms with Gasteiger partial charge in [-0.1, -0.05) is 70.9 Å². The van der Waals surface area contributed by atoms with Crippen molar-refractivity contribution in [3.8, 4) is 11.5 Å². The predicted octanol–water partition coefficient (Wildman–Crippen LogP) is 4.07. The van der Waals surface area contributed by atoms with E-state index >= 15 is 0 Å². The predicted molar refractivity (Wildman–Crippen MR) is 403 cm³/mol. The van der Waals surface area contributed by atoms with Crippen molar-refractivity contribution in [3.05, 3.63) is 59.7 Å². The maximum atomic E-state index is 12.4. The first-order chi connectivity index (χ1) is 47.4. The number of carboxylic acid groups (broad SMARTS) is 1. The van der Waals surface area contributed by atoms with Gasteiger partial charge in [0.2, 0.25) is 17.7 Å². The van der Waals surface area contributed by atoms with Crippen molar-refractivity contribution in [2.75, 3.05) is 132 Å². The number of carboxylic acids is 1. The molecule has 2 aromatic carbocycles. The molecule has 0 radical (unpaired) electrons. The molecule has 0 aromatic heterocycles. The molecule has 0 aliphatic carbocycles. The monoisotopic (exact) mass is 1450 g/mol. The molecular formula is C70H129N17O13S. The third-order valence-electron chi connectivity index (χ3n) is 17.5. The summed E-state index contributed by atoms with van der Waals surface area (Å²) >= 11 is 1.34. The Balaban J connectivity index is 0.00000132. The molecule has 1 heterocycles. The average molecular weight is 1450 g/mol. The lowest BCUT2D eigenvalue weighted by atomic mass is 9.86. The van der Waals surface area contributed by atoms with Crippen LogP contribution in [0.3, 0.4) is 0 Å². The fraction of sp³-hybridized carbons (Fsp3) is 0.700. The van der Waals surface area contributed by atoms with Crippen molar-refractivity contribution in [3.63, 3.8) is 0 Å². The number of likely N-dealkylation sites (N-methyl/N-ethyl adjacent to an activating group) is 1. The molecule has 19 N–H and O–H groups in total. The Labute approximate surface area is 605 Å². The number of benzene rings is 2. The Morgan fingerprint density at radius 3 is 1.53 bits per heavy atom. The number of thioether (sulfide) groups is 1. The highest BCUT2D eigenvalue weighted by Crippen LogP contribution is 2.23. The van der Waals surface area contributed by atoms with Crippen LogP contribution in [0, 0.1) is 16.7 Å². The summed E-state index contributed by atoms with van der Waals surface area (Å²) in [4.78, 5) is 60.4. The van der Waals surface area contributed by atoms with Gasteiger partial charge in [0.1, 0.15) is 29.3 Å². The van der Waals surface area contributed by atoms with Crippen LogP contribution in [0.2, 0.25) is 0 Å². The van der Waals surface area contributed by atoms with Crippen LogP contribution in [-0.4, -0.2) is 253 Å². The van der Waals surface area contributed by atoms with Gasteiger partial charge in [0, 0.05) is 152 Å². The first kappa shape index (κ1) is 94.4. The highest BCUT2D eigenvalue weighted by Gasteiger charge is 2.35. The zero-order chi connectivity index (χ0) is 76.9. The van der Waals surface area contributed by atoms with Crippen molar-refractivity contribution in [2.45, 2.75) is 170 Å². The fourth-order valence-electron chi connectivity index (χ4n) is 10.0. The number of Topliss-reactive ketones (excluding diaryl/α,β-unsaturated/α-hetero) is 1. The number of ketones is 1. The van der Waals surface area contributed by atoms with Gasteiger partial charge in [0.25, 0.3) is 0 Å². The molecule has 1 aliphatic heterocycles. The molecular weight excluding hydrogens is 1320 g/mol. The number of phenols is 2. The van der Waals surface area contributed by atoms with Crippen LogP contribution in [0.25, 0.3) is 0 Å². The van der Waals surface area contributed by atoms with Gasteiger partial charge in [0.05, 0.1) is 57.3 Å². The van der Waals surface area contributed by atoms with Crippen molar-refractivity contribution in [1.29, 1.82) is 0 Å². The molecule has 1 saturated heterocycles. The lowest BCUT2D eigenvalue weighted by Crippen LogP contribution is -2.57. The van der Waals surface area contributed by atoms with E-state index in [1.165, 1.54) is 18.8 Å². The van der Waals surface area contributed by atoms with E-state index in [1.54, 1.807) is 26.0 Å². The van der Waals surface area contributed by atoms with Crippen molar-refractivity contribution < 1.29 is 64.9 Å². The average Bonchev–Trinajstić information content (AvgIpc) is 0.829. The number of hydrogen-bond donors (Lipinski definition) is 19. The largest absolute Gasteiger partial charge is 0.508 e. The van der Waals surface area contributed by atoms with Crippen LogP contribution < -0.4 is 63.8 Å². The van der Waals surface area contributed by atoms with E-state index < -0.39 is 41.3 Å². The van der Waals surface area contributed by atoms with Crippen molar-refractivity contribution in [2.24, 2.45) is 37.4 Å². The topological polar surface area (TPSA) is 433 Å². The molecule has 2 aromatic rings. The van der Waals surface area contributed by atoms with E-state index in [0.717, 1.165) is 89.7 Å². The van der Waals surface area contributed by atoms with E-state index in [4.69, 9.17) is 20.3 Å². The Morgan fingerprint density at radius 2 is 1.13 bits per heavy atom. The molecule has 578 valence electrons. The summed E-state index contributed by atoms with van der Waals surface area (Å²) in [6.07, 6.45) is 1.24.